The maximum Gasteiger partial charge on any atom is 0.227 e. The normalized spacial score (nSPS) is 24.4. The molecule has 0 unspecified atom stereocenters. The SMILES string of the molecule is Cl.O=C(Cc1ccc(F)cc1F)N1CCO[C@H]2CNC[C@H]21. The van der Waals surface area contributed by atoms with E-state index in [1.165, 1.54) is 12.1 Å². The average molecular weight is 319 g/mol. The molecule has 2 saturated heterocycles. The maximum atomic E-state index is 13.6. The lowest BCUT2D eigenvalue weighted by atomic mass is 10.1. The maximum absolute atomic E-state index is 13.6. The summed E-state index contributed by atoms with van der Waals surface area (Å²) in [4.78, 5) is 14.1. The Hall–Kier alpha value is -1.24. The summed E-state index contributed by atoms with van der Waals surface area (Å²) in [5, 5.41) is 3.19. The Balaban J connectivity index is 0.00000161. The standard InChI is InChI=1S/C14H16F2N2O2.ClH/c15-10-2-1-9(11(16)6-10)5-14(19)18-3-4-20-13-8-17-7-12(13)18;/h1-2,6,12-13,17H,3-5,7-8H2;1H/t12-,13+;/m1./s1. The summed E-state index contributed by atoms with van der Waals surface area (Å²) in [6, 6.07) is 3.32. The molecule has 2 heterocycles. The van der Waals surface area contributed by atoms with E-state index in [4.69, 9.17) is 4.74 Å². The first-order valence-electron chi connectivity index (χ1n) is 6.71. The first-order valence-corrected chi connectivity index (χ1v) is 6.71. The number of morpholine rings is 1. The molecule has 1 amide bonds. The summed E-state index contributed by atoms with van der Waals surface area (Å²) in [7, 11) is 0. The van der Waals surface area contributed by atoms with Gasteiger partial charge in [0.05, 0.1) is 25.2 Å². The third kappa shape index (κ3) is 3.33. The highest BCUT2D eigenvalue weighted by Crippen LogP contribution is 2.19. The molecule has 0 radical (unpaired) electrons. The minimum atomic E-state index is -0.673. The zero-order valence-corrected chi connectivity index (χ0v) is 12.2. The molecule has 0 saturated carbocycles. The van der Waals surface area contributed by atoms with Crippen molar-refractivity contribution in [3.8, 4) is 0 Å². The smallest absolute Gasteiger partial charge is 0.227 e. The summed E-state index contributed by atoms with van der Waals surface area (Å²) in [5.41, 5.74) is 0.227. The molecule has 21 heavy (non-hydrogen) atoms. The lowest BCUT2D eigenvalue weighted by Crippen LogP contribution is -2.53. The van der Waals surface area contributed by atoms with Gasteiger partial charge in [0.1, 0.15) is 11.6 Å². The van der Waals surface area contributed by atoms with E-state index in [2.05, 4.69) is 5.32 Å². The van der Waals surface area contributed by atoms with E-state index in [-0.39, 0.29) is 42.4 Å². The monoisotopic (exact) mass is 318 g/mol. The zero-order chi connectivity index (χ0) is 14.1. The molecule has 3 rings (SSSR count). The molecule has 0 bridgehead atoms. The van der Waals surface area contributed by atoms with Crippen LogP contribution in [0.2, 0.25) is 0 Å². The number of nitrogens with zero attached hydrogens (tertiary/aromatic N) is 1. The number of carbonyl (C=O) groups excluding carboxylic acids is 1. The van der Waals surface area contributed by atoms with Crippen LogP contribution >= 0.6 is 12.4 Å². The third-order valence-electron chi connectivity index (χ3n) is 3.87. The molecular formula is C14H17ClF2N2O2. The molecule has 2 aliphatic heterocycles. The lowest BCUT2D eigenvalue weighted by Gasteiger charge is -2.37. The van der Waals surface area contributed by atoms with Gasteiger partial charge in [-0.05, 0) is 11.6 Å². The van der Waals surface area contributed by atoms with E-state index < -0.39 is 11.6 Å². The van der Waals surface area contributed by atoms with E-state index in [0.717, 1.165) is 12.6 Å². The summed E-state index contributed by atoms with van der Waals surface area (Å²) in [6.45, 7) is 2.45. The average Bonchev–Trinajstić information content (AvgIpc) is 2.90. The number of benzene rings is 1. The lowest BCUT2D eigenvalue weighted by molar-refractivity contribution is -0.142. The highest BCUT2D eigenvalue weighted by molar-refractivity contribution is 5.85. The Bertz CT molecular complexity index is 530. The van der Waals surface area contributed by atoms with Crippen molar-refractivity contribution in [2.24, 2.45) is 0 Å². The molecule has 7 heteroatoms. The first-order chi connectivity index (χ1) is 9.65. The topological polar surface area (TPSA) is 41.6 Å². The second-order valence-corrected chi connectivity index (χ2v) is 5.13. The van der Waals surface area contributed by atoms with Crippen molar-refractivity contribution in [2.75, 3.05) is 26.2 Å². The molecule has 0 aliphatic carbocycles. The van der Waals surface area contributed by atoms with Crippen LogP contribution in [-0.4, -0.2) is 49.2 Å². The van der Waals surface area contributed by atoms with Crippen molar-refractivity contribution < 1.29 is 18.3 Å². The predicted octanol–water partition coefficient (Wildman–Crippen LogP) is 1.13. The van der Waals surface area contributed by atoms with Gasteiger partial charge in [-0.25, -0.2) is 8.78 Å². The van der Waals surface area contributed by atoms with Crippen molar-refractivity contribution in [3.63, 3.8) is 0 Å². The van der Waals surface area contributed by atoms with Crippen LogP contribution in [0.1, 0.15) is 5.56 Å². The van der Waals surface area contributed by atoms with Gasteiger partial charge in [-0.2, -0.15) is 0 Å². The number of amides is 1. The molecule has 2 aliphatic rings. The quantitative estimate of drug-likeness (QED) is 0.889. The number of hydrogen-bond acceptors (Lipinski definition) is 3. The van der Waals surface area contributed by atoms with Crippen molar-refractivity contribution >= 4 is 18.3 Å². The van der Waals surface area contributed by atoms with Crippen LogP contribution in [0.5, 0.6) is 0 Å². The zero-order valence-electron chi connectivity index (χ0n) is 11.4. The number of ether oxygens (including phenoxy) is 1. The van der Waals surface area contributed by atoms with E-state index in [9.17, 15) is 13.6 Å². The van der Waals surface area contributed by atoms with Crippen molar-refractivity contribution in [2.45, 2.75) is 18.6 Å². The van der Waals surface area contributed by atoms with Gasteiger partial charge in [-0.1, -0.05) is 6.07 Å². The van der Waals surface area contributed by atoms with Gasteiger partial charge in [-0.15, -0.1) is 12.4 Å². The molecule has 0 spiro atoms. The molecule has 1 aromatic rings. The molecule has 1 N–H and O–H groups in total. The largest absolute Gasteiger partial charge is 0.373 e. The van der Waals surface area contributed by atoms with E-state index >= 15 is 0 Å². The number of rotatable bonds is 2. The van der Waals surface area contributed by atoms with Gasteiger partial charge < -0.3 is 15.0 Å². The molecule has 116 valence electrons. The highest BCUT2D eigenvalue weighted by atomic mass is 35.5. The van der Waals surface area contributed by atoms with Gasteiger partial charge >= 0.3 is 0 Å². The van der Waals surface area contributed by atoms with Crippen LogP contribution < -0.4 is 5.32 Å². The van der Waals surface area contributed by atoms with Gasteiger partial charge in [0, 0.05) is 25.7 Å². The fourth-order valence-electron chi connectivity index (χ4n) is 2.83. The Morgan fingerprint density at radius 2 is 2.19 bits per heavy atom. The van der Waals surface area contributed by atoms with E-state index in [1.54, 1.807) is 4.90 Å². The second kappa shape index (κ2) is 6.68. The van der Waals surface area contributed by atoms with Gasteiger partial charge in [-0.3, -0.25) is 4.79 Å². The van der Waals surface area contributed by atoms with Crippen molar-refractivity contribution in [3.05, 3.63) is 35.4 Å². The summed E-state index contributed by atoms with van der Waals surface area (Å²) < 4.78 is 32.0. The molecule has 1 aromatic carbocycles. The van der Waals surface area contributed by atoms with Gasteiger partial charge in [0.15, 0.2) is 0 Å². The van der Waals surface area contributed by atoms with Crippen LogP contribution in [0.15, 0.2) is 18.2 Å². The second-order valence-electron chi connectivity index (χ2n) is 5.13. The van der Waals surface area contributed by atoms with Crippen LogP contribution in [0, 0.1) is 11.6 Å². The van der Waals surface area contributed by atoms with Crippen molar-refractivity contribution in [1.29, 1.82) is 0 Å². The number of nitrogens with one attached hydrogen (secondary N) is 1. The summed E-state index contributed by atoms with van der Waals surface area (Å²) in [5.74, 6) is -1.45. The Kier molecular flexibility index (Phi) is 5.13. The van der Waals surface area contributed by atoms with Crippen LogP contribution in [-0.2, 0) is 16.0 Å². The number of halogens is 3. The fourth-order valence-corrected chi connectivity index (χ4v) is 2.83. The van der Waals surface area contributed by atoms with E-state index in [1.807, 2.05) is 0 Å². The number of hydrogen-bond donors (Lipinski definition) is 1. The van der Waals surface area contributed by atoms with E-state index in [0.29, 0.717) is 19.7 Å². The minimum absolute atomic E-state index is 0. The van der Waals surface area contributed by atoms with Crippen LogP contribution in [0.25, 0.3) is 0 Å². The number of carbonyl (C=O) groups is 1. The van der Waals surface area contributed by atoms with Gasteiger partial charge in [0.25, 0.3) is 0 Å². The first kappa shape index (κ1) is 16.1. The molecular weight excluding hydrogens is 302 g/mol. The fraction of sp³-hybridized carbons (Fsp3) is 0.500. The molecule has 4 nitrogen and oxygen atoms in total. The Morgan fingerprint density at radius 3 is 2.95 bits per heavy atom. The van der Waals surface area contributed by atoms with Gasteiger partial charge in [0.2, 0.25) is 5.91 Å². The molecule has 2 fully saturated rings. The molecule has 2 atom stereocenters. The Morgan fingerprint density at radius 1 is 1.38 bits per heavy atom. The van der Waals surface area contributed by atoms with Crippen LogP contribution in [0.3, 0.4) is 0 Å². The van der Waals surface area contributed by atoms with Crippen molar-refractivity contribution in [1.82, 2.24) is 10.2 Å². The summed E-state index contributed by atoms with van der Waals surface area (Å²) in [6.07, 6.45) is -0.0271. The Labute approximate surface area is 127 Å². The summed E-state index contributed by atoms with van der Waals surface area (Å²) >= 11 is 0. The third-order valence-corrected chi connectivity index (χ3v) is 3.87. The number of fused-ring (bicyclic) bond motifs is 1. The minimum Gasteiger partial charge on any atom is -0.373 e. The van der Waals surface area contributed by atoms with Crippen LogP contribution in [0.4, 0.5) is 8.78 Å². The molecule has 0 aromatic heterocycles. The highest BCUT2D eigenvalue weighted by Gasteiger charge is 2.38. The predicted molar refractivity (Wildman–Crippen MR) is 75.4 cm³/mol.